The van der Waals surface area contributed by atoms with Gasteiger partial charge in [-0.1, -0.05) is 18.2 Å². The van der Waals surface area contributed by atoms with E-state index in [0.29, 0.717) is 0 Å². The number of amides is 1. The number of anilines is 1. The van der Waals surface area contributed by atoms with Crippen LogP contribution in [0.4, 0.5) is 18.9 Å². The van der Waals surface area contributed by atoms with Gasteiger partial charge in [-0.05, 0) is 44.2 Å². The van der Waals surface area contributed by atoms with Crippen LogP contribution in [-0.2, 0) is 10.0 Å². The average Bonchev–Trinajstić information content (AvgIpc) is 2.66. The Labute approximate surface area is 167 Å². The molecule has 158 valence electrons. The molecule has 0 bridgehead atoms. The van der Waals surface area contributed by atoms with Crippen LogP contribution in [0.2, 0.25) is 0 Å². The molecule has 0 aliphatic heterocycles. The van der Waals surface area contributed by atoms with Crippen molar-refractivity contribution in [3.05, 3.63) is 54.1 Å². The van der Waals surface area contributed by atoms with Crippen molar-refractivity contribution in [2.75, 3.05) is 19.0 Å². The zero-order valence-corrected chi connectivity index (χ0v) is 16.8. The lowest BCUT2D eigenvalue weighted by Crippen LogP contribution is -2.33. The van der Waals surface area contributed by atoms with E-state index < -0.39 is 28.7 Å². The van der Waals surface area contributed by atoms with Crippen LogP contribution in [0.25, 0.3) is 0 Å². The van der Waals surface area contributed by atoms with Crippen molar-refractivity contribution in [1.82, 2.24) is 4.31 Å². The first-order chi connectivity index (χ1) is 13.4. The van der Waals surface area contributed by atoms with Gasteiger partial charge in [0.1, 0.15) is 5.75 Å². The quantitative estimate of drug-likeness (QED) is 0.723. The van der Waals surface area contributed by atoms with Gasteiger partial charge in [0.25, 0.3) is 5.91 Å². The zero-order chi connectivity index (χ0) is 21.8. The monoisotopic (exact) mass is 430 g/mol. The number of rotatable bonds is 7. The maximum absolute atomic E-state index is 12.6. The molecule has 6 nitrogen and oxygen atoms in total. The molecule has 0 spiro atoms. The molecule has 1 N–H and O–H groups in total. The Bertz CT molecular complexity index is 975. The van der Waals surface area contributed by atoms with Gasteiger partial charge in [-0.2, -0.15) is 17.5 Å². The fraction of sp³-hybridized carbons (Fsp3) is 0.316. The summed E-state index contributed by atoms with van der Waals surface area (Å²) in [7, 11) is -2.37. The maximum atomic E-state index is 12.6. The molecule has 0 aliphatic carbocycles. The number of benzene rings is 2. The number of halogens is 3. The van der Waals surface area contributed by atoms with Crippen molar-refractivity contribution in [3.8, 4) is 5.75 Å². The topological polar surface area (TPSA) is 75.7 Å². The second kappa shape index (κ2) is 8.83. The van der Waals surface area contributed by atoms with E-state index in [2.05, 4.69) is 5.32 Å². The first-order valence-electron chi connectivity index (χ1n) is 8.60. The molecule has 2 rings (SSSR count). The molecule has 2 aromatic rings. The number of hydrogen-bond acceptors (Lipinski definition) is 4. The third kappa shape index (κ3) is 5.94. The van der Waals surface area contributed by atoms with E-state index in [-0.39, 0.29) is 27.9 Å². The smallest absolute Gasteiger partial charge is 0.422 e. The molecule has 0 radical (unpaired) electrons. The Morgan fingerprint density at radius 2 is 1.79 bits per heavy atom. The highest BCUT2D eigenvalue weighted by atomic mass is 32.2. The highest BCUT2D eigenvalue weighted by molar-refractivity contribution is 7.89. The summed E-state index contributed by atoms with van der Waals surface area (Å²) in [6.45, 7) is 1.92. The second-order valence-electron chi connectivity index (χ2n) is 6.50. The van der Waals surface area contributed by atoms with E-state index >= 15 is 0 Å². The molecule has 0 aliphatic rings. The average molecular weight is 430 g/mol. The maximum Gasteiger partial charge on any atom is 0.422 e. The predicted octanol–water partition coefficient (Wildman–Crippen LogP) is 3.91. The first-order valence-corrected chi connectivity index (χ1v) is 10.0. The Hall–Kier alpha value is -2.59. The molecule has 29 heavy (non-hydrogen) atoms. The normalized spacial score (nSPS) is 12.3. The van der Waals surface area contributed by atoms with Crippen LogP contribution in [0.1, 0.15) is 24.2 Å². The number of hydrogen-bond donors (Lipinski definition) is 1. The minimum Gasteiger partial charge on any atom is -0.482 e. The summed E-state index contributed by atoms with van der Waals surface area (Å²) in [5, 5.41) is 2.45. The Balaban J connectivity index is 2.25. The molecule has 0 heterocycles. The van der Waals surface area contributed by atoms with Crippen LogP contribution >= 0.6 is 0 Å². The van der Waals surface area contributed by atoms with Gasteiger partial charge >= 0.3 is 6.18 Å². The largest absolute Gasteiger partial charge is 0.482 e. The minimum atomic E-state index is -4.53. The van der Waals surface area contributed by atoms with Crippen molar-refractivity contribution in [3.63, 3.8) is 0 Å². The molecule has 0 atom stereocenters. The molecular formula is C19H21F3N2O4S. The molecule has 2 aromatic carbocycles. The molecule has 0 saturated heterocycles. The van der Waals surface area contributed by atoms with Crippen LogP contribution in [0.5, 0.6) is 5.75 Å². The first kappa shape index (κ1) is 22.7. The fourth-order valence-electron chi connectivity index (χ4n) is 2.29. The van der Waals surface area contributed by atoms with Crippen LogP contribution in [-0.4, -0.2) is 44.5 Å². The number of carbonyl (C=O) groups excluding carboxylic acids is 1. The van der Waals surface area contributed by atoms with Gasteiger partial charge in [-0.3, -0.25) is 4.79 Å². The summed E-state index contributed by atoms with van der Waals surface area (Å²) < 4.78 is 68.3. The fourth-order valence-corrected chi connectivity index (χ4v) is 3.71. The third-order valence-electron chi connectivity index (χ3n) is 4.03. The van der Waals surface area contributed by atoms with Crippen LogP contribution < -0.4 is 10.1 Å². The summed E-state index contributed by atoms with van der Waals surface area (Å²) >= 11 is 0. The van der Waals surface area contributed by atoms with Crippen molar-refractivity contribution < 1.29 is 31.1 Å². The van der Waals surface area contributed by atoms with Crippen molar-refractivity contribution >= 4 is 21.6 Å². The van der Waals surface area contributed by atoms with Gasteiger partial charge in [0, 0.05) is 18.7 Å². The standard InChI is InChI=1S/C19H21F3N2O4S/c1-13(2)24(3)29(26,27)15-8-6-7-14(11-15)18(25)23-16-9-4-5-10-17(16)28-12-19(20,21)22/h4-11,13H,12H2,1-3H3,(H,23,25). The lowest BCUT2D eigenvalue weighted by Gasteiger charge is -2.21. The highest BCUT2D eigenvalue weighted by Gasteiger charge is 2.29. The lowest BCUT2D eigenvalue weighted by molar-refractivity contribution is -0.153. The molecule has 0 unspecified atom stereocenters. The van der Waals surface area contributed by atoms with Crippen LogP contribution in [0.3, 0.4) is 0 Å². The Morgan fingerprint density at radius 1 is 1.14 bits per heavy atom. The summed E-state index contributed by atoms with van der Waals surface area (Å²) in [6.07, 6.45) is -4.53. The van der Waals surface area contributed by atoms with E-state index in [9.17, 15) is 26.4 Å². The van der Waals surface area contributed by atoms with E-state index in [1.807, 2.05) is 0 Å². The highest BCUT2D eigenvalue weighted by Crippen LogP contribution is 2.27. The third-order valence-corrected chi connectivity index (χ3v) is 6.06. The molecule has 10 heteroatoms. The number of ether oxygens (including phenoxy) is 1. The lowest BCUT2D eigenvalue weighted by atomic mass is 10.2. The van der Waals surface area contributed by atoms with E-state index in [4.69, 9.17) is 4.74 Å². The van der Waals surface area contributed by atoms with Gasteiger partial charge in [-0.15, -0.1) is 0 Å². The van der Waals surface area contributed by atoms with Gasteiger partial charge in [0.15, 0.2) is 6.61 Å². The van der Waals surface area contributed by atoms with Crippen LogP contribution in [0, 0.1) is 0 Å². The number of alkyl halides is 3. The SMILES string of the molecule is CC(C)N(C)S(=O)(=O)c1cccc(C(=O)Nc2ccccc2OCC(F)(F)F)c1. The van der Waals surface area contributed by atoms with Crippen molar-refractivity contribution in [1.29, 1.82) is 0 Å². The minimum absolute atomic E-state index is 0.0360. The van der Waals surface area contributed by atoms with Crippen molar-refractivity contribution in [2.45, 2.75) is 31.0 Å². The van der Waals surface area contributed by atoms with E-state index in [1.54, 1.807) is 13.8 Å². The van der Waals surface area contributed by atoms with E-state index in [0.717, 1.165) is 0 Å². The Morgan fingerprint density at radius 3 is 2.41 bits per heavy atom. The van der Waals surface area contributed by atoms with Gasteiger partial charge in [0.05, 0.1) is 10.6 Å². The van der Waals surface area contributed by atoms with Gasteiger partial charge < -0.3 is 10.1 Å². The number of sulfonamides is 1. The molecular weight excluding hydrogens is 409 g/mol. The molecule has 1 amide bonds. The predicted molar refractivity (Wildman–Crippen MR) is 102 cm³/mol. The van der Waals surface area contributed by atoms with Gasteiger partial charge in [-0.25, -0.2) is 8.42 Å². The molecule has 0 fully saturated rings. The van der Waals surface area contributed by atoms with Crippen molar-refractivity contribution in [2.24, 2.45) is 0 Å². The molecule has 0 aromatic heterocycles. The summed E-state index contributed by atoms with van der Waals surface area (Å²) in [6, 6.07) is 10.8. The Kier molecular flexibility index (Phi) is 6.91. The van der Waals surface area contributed by atoms with Gasteiger partial charge in [0.2, 0.25) is 10.0 Å². The summed E-state index contributed by atoms with van der Waals surface area (Å²) in [5.74, 6) is -0.834. The summed E-state index contributed by atoms with van der Waals surface area (Å²) in [5.41, 5.74) is 0.0724. The number of para-hydroxylation sites is 2. The zero-order valence-electron chi connectivity index (χ0n) is 16.0. The molecule has 0 saturated carbocycles. The number of nitrogens with zero attached hydrogens (tertiary/aromatic N) is 1. The summed E-state index contributed by atoms with van der Waals surface area (Å²) in [4.78, 5) is 12.5. The number of carbonyl (C=O) groups is 1. The van der Waals surface area contributed by atoms with E-state index in [1.165, 1.54) is 59.9 Å². The van der Waals surface area contributed by atoms with Crippen LogP contribution in [0.15, 0.2) is 53.4 Å². The second-order valence-corrected chi connectivity index (χ2v) is 8.49. The number of nitrogens with one attached hydrogen (secondary N) is 1.